The van der Waals surface area contributed by atoms with E-state index in [9.17, 15) is 8.78 Å². The van der Waals surface area contributed by atoms with Gasteiger partial charge >= 0.3 is 0 Å². The fraction of sp³-hybridized carbons (Fsp3) is 0.533. The summed E-state index contributed by atoms with van der Waals surface area (Å²) in [4.78, 5) is 0. The number of allylic oxidation sites excluding steroid dienone is 2. The van der Waals surface area contributed by atoms with Crippen LogP contribution in [0.3, 0.4) is 0 Å². The van der Waals surface area contributed by atoms with Crippen LogP contribution in [-0.4, -0.2) is 6.61 Å². The SMILES string of the molecule is CCCCCCc1ccc(CC/C=C/C2CCC(c3ccc(OCC)c(F)c3F)CC2)cc1. The molecule has 1 nitrogen and oxygen atoms in total. The monoisotopic (exact) mass is 454 g/mol. The van der Waals surface area contributed by atoms with Crippen molar-refractivity contribution in [2.24, 2.45) is 5.92 Å². The van der Waals surface area contributed by atoms with E-state index in [0.29, 0.717) is 18.1 Å². The minimum absolute atomic E-state index is 0.0111. The predicted octanol–water partition coefficient (Wildman–Crippen LogP) is 8.95. The minimum Gasteiger partial charge on any atom is -0.491 e. The quantitative estimate of drug-likeness (QED) is 0.230. The van der Waals surface area contributed by atoms with Gasteiger partial charge in [-0.1, -0.05) is 68.7 Å². The molecule has 0 atom stereocenters. The zero-order valence-electron chi connectivity index (χ0n) is 20.4. The van der Waals surface area contributed by atoms with Crippen LogP contribution in [0.2, 0.25) is 0 Å². The summed E-state index contributed by atoms with van der Waals surface area (Å²) in [6.45, 7) is 4.35. The van der Waals surface area contributed by atoms with Gasteiger partial charge in [-0.3, -0.25) is 0 Å². The van der Waals surface area contributed by atoms with Gasteiger partial charge in [-0.15, -0.1) is 0 Å². The zero-order valence-corrected chi connectivity index (χ0v) is 20.4. The Morgan fingerprint density at radius 3 is 2.18 bits per heavy atom. The van der Waals surface area contributed by atoms with E-state index in [4.69, 9.17) is 4.74 Å². The van der Waals surface area contributed by atoms with Crippen LogP contribution in [0.25, 0.3) is 0 Å². The summed E-state index contributed by atoms with van der Waals surface area (Å²) in [5, 5.41) is 0. The van der Waals surface area contributed by atoms with Crippen LogP contribution in [0.4, 0.5) is 8.78 Å². The molecule has 0 N–H and O–H groups in total. The second kappa shape index (κ2) is 13.5. The molecule has 0 saturated heterocycles. The van der Waals surface area contributed by atoms with Crippen molar-refractivity contribution < 1.29 is 13.5 Å². The molecule has 3 heteroatoms. The Kier molecular flexibility index (Phi) is 10.4. The van der Waals surface area contributed by atoms with Gasteiger partial charge in [0.05, 0.1) is 6.61 Å². The number of unbranched alkanes of at least 4 members (excludes halogenated alkanes) is 3. The van der Waals surface area contributed by atoms with Gasteiger partial charge < -0.3 is 4.74 Å². The average Bonchev–Trinajstić information content (AvgIpc) is 2.84. The molecule has 33 heavy (non-hydrogen) atoms. The molecule has 0 spiro atoms. The van der Waals surface area contributed by atoms with Crippen LogP contribution < -0.4 is 4.74 Å². The molecule has 180 valence electrons. The molecule has 0 amide bonds. The van der Waals surface area contributed by atoms with Crippen LogP contribution in [0.1, 0.15) is 94.2 Å². The summed E-state index contributed by atoms with van der Waals surface area (Å²) < 4.78 is 33.9. The predicted molar refractivity (Wildman–Crippen MR) is 134 cm³/mol. The van der Waals surface area contributed by atoms with E-state index in [-0.39, 0.29) is 11.7 Å². The number of hydrogen-bond acceptors (Lipinski definition) is 1. The first-order valence-corrected chi connectivity index (χ1v) is 13.0. The molecule has 1 aliphatic carbocycles. The van der Waals surface area contributed by atoms with Gasteiger partial charge in [-0.25, -0.2) is 4.39 Å². The highest BCUT2D eigenvalue weighted by atomic mass is 19.2. The number of rotatable bonds is 12. The second-order valence-corrected chi connectivity index (χ2v) is 9.42. The summed E-state index contributed by atoms with van der Waals surface area (Å²) in [7, 11) is 0. The molecule has 0 radical (unpaired) electrons. The first-order valence-electron chi connectivity index (χ1n) is 13.0. The lowest BCUT2D eigenvalue weighted by molar-refractivity contribution is 0.310. The highest BCUT2D eigenvalue weighted by Crippen LogP contribution is 2.39. The molecule has 1 saturated carbocycles. The summed E-state index contributed by atoms with van der Waals surface area (Å²) in [6.07, 6.45) is 17.1. The Morgan fingerprint density at radius 2 is 1.52 bits per heavy atom. The van der Waals surface area contributed by atoms with Crippen molar-refractivity contribution in [3.63, 3.8) is 0 Å². The highest BCUT2D eigenvalue weighted by molar-refractivity contribution is 5.33. The van der Waals surface area contributed by atoms with Crippen LogP contribution in [0.15, 0.2) is 48.6 Å². The van der Waals surface area contributed by atoms with Gasteiger partial charge in [0, 0.05) is 0 Å². The Labute approximate surface area is 199 Å². The lowest BCUT2D eigenvalue weighted by Crippen LogP contribution is -2.14. The minimum atomic E-state index is -0.846. The van der Waals surface area contributed by atoms with Crippen molar-refractivity contribution in [3.05, 3.63) is 76.9 Å². The van der Waals surface area contributed by atoms with Gasteiger partial charge in [0.15, 0.2) is 11.6 Å². The molecule has 1 aliphatic rings. The maximum atomic E-state index is 14.5. The number of hydrogen-bond donors (Lipinski definition) is 0. The molecular weight excluding hydrogens is 414 g/mol. The lowest BCUT2D eigenvalue weighted by Gasteiger charge is -2.27. The molecular formula is C30H40F2O. The smallest absolute Gasteiger partial charge is 0.200 e. The molecule has 3 rings (SSSR count). The maximum Gasteiger partial charge on any atom is 0.200 e. The van der Waals surface area contributed by atoms with Crippen LogP contribution in [0.5, 0.6) is 5.75 Å². The lowest BCUT2D eigenvalue weighted by atomic mass is 9.78. The van der Waals surface area contributed by atoms with E-state index >= 15 is 0 Å². The Morgan fingerprint density at radius 1 is 0.818 bits per heavy atom. The van der Waals surface area contributed by atoms with Crippen molar-refractivity contribution in [2.75, 3.05) is 6.61 Å². The van der Waals surface area contributed by atoms with E-state index in [0.717, 1.165) is 38.5 Å². The molecule has 0 bridgehead atoms. The molecule has 0 aliphatic heterocycles. The van der Waals surface area contributed by atoms with Crippen molar-refractivity contribution in [1.29, 1.82) is 0 Å². The summed E-state index contributed by atoms with van der Waals surface area (Å²) >= 11 is 0. The summed E-state index contributed by atoms with van der Waals surface area (Å²) in [5.41, 5.74) is 3.35. The molecule has 0 unspecified atom stereocenters. The van der Waals surface area contributed by atoms with E-state index in [1.807, 2.05) is 0 Å². The fourth-order valence-corrected chi connectivity index (χ4v) is 4.92. The molecule has 0 aromatic heterocycles. The first kappa shape index (κ1) is 25.5. The fourth-order valence-electron chi connectivity index (χ4n) is 4.92. The third kappa shape index (κ3) is 7.69. The summed E-state index contributed by atoms with van der Waals surface area (Å²) in [6, 6.07) is 12.4. The van der Waals surface area contributed by atoms with Crippen molar-refractivity contribution >= 4 is 0 Å². The van der Waals surface area contributed by atoms with E-state index in [1.165, 1.54) is 43.2 Å². The standard InChI is InChI=1S/C30H40F2O/c1-3-5-6-7-10-23-13-15-24(16-14-23)11-8-9-12-25-17-19-26(20-18-25)27-21-22-28(33-4-2)30(32)29(27)31/h9,12-16,21-22,25-26H,3-8,10-11,17-20H2,1-2H3/b12-9+. The molecule has 2 aromatic carbocycles. The van der Waals surface area contributed by atoms with Crippen molar-refractivity contribution in [2.45, 2.75) is 90.4 Å². The molecule has 0 heterocycles. The maximum absolute atomic E-state index is 14.5. The van der Waals surface area contributed by atoms with E-state index in [2.05, 4.69) is 43.3 Å². The van der Waals surface area contributed by atoms with Gasteiger partial charge in [-0.05, 0) is 92.9 Å². The first-order chi connectivity index (χ1) is 16.1. The van der Waals surface area contributed by atoms with Gasteiger partial charge in [-0.2, -0.15) is 4.39 Å². The van der Waals surface area contributed by atoms with Crippen LogP contribution in [-0.2, 0) is 12.8 Å². The Hall–Kier alpha value is -2.16. The largest absolute Gasteiger partial charge is 0.491 e. The highest BCUT2D eigenvalue weighted by Gasteiger charge is 2.25. The van der Waals surface area contributed by atoms with E-state index < -0.39 is 11.6 Å². The van der Waals surface area contributed by atoms with E-state index in [1.54, 1.807) is 19.1 Å². The molecule has 1 fully saturated rings. The summed E-state index contributed by atoms with van der Waals surface area (Å²) in [5.74, 6) is -0.924. The van der Waals surface area contributed by atoms with Crippen molar-refractivity contribution in [1.82, 2.24) is 0 Å². The Bertz CT molecular complexity index is 864. The van der Waals surface area contributed by atoms with Crippen molar-refractivity contribution in [3.8, 4) is 5.75 Å². The number of ether oxygens (including phenoxy) is 1. The average molecular weight is 455 g/mol. The number of halogens is 2. The third-order valence-corrected chi connectivity index (χ3v) is 6.94. The number of benzene rings is 2. The Balaban J connectivity index is 1.40. The van der Waals surface area contributed by atoms with Crippen LogP contribution in [0, 0.1) is 17.6 Å². The third-order valence-electron chi connectivity index (χ3n) is 6.94. The topological polar surface area (TPSA) is 9.23 Å². The second-order valence-electron chi connectivity index (χ2n) is 9.42. The van der Waals surface area contributed by atoms with Gasteiger partial charge in [0.2, 0.25) is 5.82 Å². The normalized spacial score (nSPS) is 18.7. The van der Waals surface area contributed by atoms with Gasteiger partial charge in [0.25, 0.3) is 0 Å². The molecule has 2 aromatic rings. The zero-order chi connectivity index (χ0) is 23.5. The van der Waals surface area contributed by atoms with Crippen LogP contribution >= 0.6 is 0 Å². The van der Waals surface area contributed by atoms with Gasteiger partial charge in [0.1, 0.15) is 0 Å². The number of aryl methyl sites for hydroxylation is 2.